The lowest BCUT2D eigenvalue weighted by molar-refractivity contribution is 0.0739. The van der Waals surface area contributed by atoms with Crippen LogP contribution < -0.4 is 19.1 Å². The van der Waals surface area contributed by atoms with Crippen molar-refractivity contribution in [2.75, 3.05) is 51.9 Å². The Morgan fingerprint density at radius 2 is 1.48 bits per heavy atom. The van der Waals surface area contributed by atoms with Gasteiger partial charge in [-0.15, -0.1) is 0 Å². The molecule has 0 atom stereocenters. The van der Waals surface area contributed by atoms with E-state index in [0.29, 0.717) is 36.8 Å². The van der Waals surface area contributed by atoms with Gasteiger partial charge in [-0.25, -0.2) is 0 Å². The molecule has 0 aromatic heterocycles. The Morgan fingerprint density at radius 3 is 2.07 bits per heavy atom. The van der Waals surface area contributed by atoms with Crippen molar-refractivity contribution in [1.29, 1.82) is 0 Å². The largest absolute Gasteiger partial charge is 0.496 e. The summed E-state index contributed by atoms with van der Waals surface area (Å²) in [7, 11) is 3.13. The number of ether oxygens (including phenoxy) is 3. The van der Waals surface area contributed by atoms with Crippen LogP contribution in [0.2, 0.25) is 0 Å². The van der Waals surface area contributed by atoms with Crippen LogP contribution in [0.15, 0.2) is 42.5 Å². The summed E-state index contributed by atoms with van der Waals surface area (Å²) in [6.07, 6.45) is 0. The first-order chi connectivity index (χ1) is 13.2. The Morgan fingerprint density at radius 1 is 0.889 bits per heavy atom. The summed E-state index contributed by atoms with van der Waals surface area (Å²) in [6, 6.07) is 13.4. The fourth-order valence-electron chi connectivity index (χ4n) is 3.37. The maximum atomic E-state index is 13.1. The third-order valence-corrected chi connectivity index (χ3v) is 4.71. The van der Waals surface area contributed by atoms with Gasteiger partial charge in [0.1, 0.15) is 22.8 Å². The van der Waals surface area contributed by atoms with Crippen LogP contribution in [-0.4, -0.2) is 57.8 Å². The average molecular weight is 370 g/mol. The van der Waals surface area contributed by atoms with Gasteiger partial charge in [0.15, 0.2) is 0 Å². The first-order valence-electron chi connectivity index (χ1n) is 9.16. The Hall–Kier alpha value is -2.89. The number of rotatable bonds is 6. The van der Waals surface area contributed by atoms with Gasteiger partial charge in [0.05, 0.1) is 26.5 Å². The van der Waals surface area contributed by atoms with Crippen LogP contribution in [-0.2, 0) is 0 Å². The molecule has 1 aliphatic rings. The number of anilines is 1. The molecule has 0 spiro atoms. The molecule has 1 heterocycles. The van der Waals surface area contributed by atoms with Gasteiger partial charge >= 0.3 is 0 Å². The van der Waals surface area contributed by atoms with E-state index in [-0.39, 0.29) is 5.91 Å². The second kappa shape index (κ2) is 8.66. The second-order valence-corrected chi connectivity index (χ2v) is 6.22. The fraction of sp³-hybridized carbons (Fsp3) is 0.381. The average Bonchev–Trinajstić information content (AvgIpc) is 2.73. The van der Waals surface area contributed by atoms with E-state index >= 15 is 0 Å². The second-order valence-electron chi connectivity index (χ2n) is 6.22. The fourth-order valence-corrected chi connectivity index (χ4v) is 3.37. The predicted molar refractivity (Wildman–Crippen MR) is 105 cm³/mol. The summed E-state index contributed by atoms with van der Waals surface area (Å²) in [5, 5.41) is 0. The van der Waals surface area contributed by atoms with E-state index in [1.54, 1.807) is 26.4 Å². The van der Waals surface area contributed by atoms with Crippen LogP contribution in [0.25, 0.3) is 0 Å². The maximum absolute atomic E-state index is 13.1. The number of hydrogen-bond acceptors (Lipinski definition) is 5. The minimum atomic E-state index is -0.0676. The molecule has 6 nitrogen and oxygen atoms in total. The van der Waals surface area contributed by atoms with E-state index in [0.717, 1.165) is 24.5 Å². The first kappa shape index (κ1) is 18.9. The molecule has 27 heavy (non-hydrogen) atoms. The number of para-hydroxylation sites is 2. The Labute approximate surface area is 160 Å². The van der Waals surface area contributed by atoms with E-state index in [1.807, 2.05) is 36.1 Å². The molecule has 2 aromatic carbocycles. The molecule has 1 saturated heterocycles. The van der Waals surface area contributed by atoms with Gasteiger partial charge in [-0.1, -0.05) is 18.2 Å². The SMILES string of the molecule is CCOc1ccccc1N1CCN(C(=O)c2c(OC)cccc2OC)CC1. The van der Waals surface area contributed by atoms with Gasteiger partial charge in [-0.05, 0) is 31.2 Å². The van der Waals surface area contributed by atoms with Crippen molar-refractivity contribution in [1.82, 2.24) is 4.90 Å². The quantitative estimate of drug-likeness (QED) is 0.782. The van der Waals surface area contributed by atoms with E-state index < -0.39 is 0 Å². The minimum Gasteiger partial charge on any atom is -0.496 e. The van der Waals surface area contributed by atoms with Crippen molar-refractivity contribution in [2.24, 2.45) is 0 Å². The van der Waals surface area contributed by atoms with Crippen molar-refractivity contribution in [3.63, 3.8) is 0 Å². The maximum Gasteiger partial charge on any atom is 0.261 e. The predicted octanol–water partition coefficient (Wildman–Crippen LogP) is 3.06. The number of nitrogens with zero attached hydrogens (tertiary/aromatic N) is 2. The smallest absolute Gasteiger partial charge is 0.261 e. The molecule has 144 valence electrons. The lowest BCUT2D eigenvalue weighted by Gasteiger charge is -2.37. The van der Waals surface area contributed by atoms with Gasteiger partial charge < -0.3 is 24.0 Å². The number of hydrogen-bond donors (Lipinski definition) is 0. The van der Waals surface area contributed by atoms with Gasteiger partial charge in [0.25, 0.3) is 5.91 Å². The van der Waals surface area contributed by atoms with Gasteiger partial charge in [0, 0.05) is 26.2 Å². The molecular formula is C21H26N2O4. The number of carbonyl (C=O) groups is 1. The van der Waals surface area contributed by atoms with Crippen molar-refractivity contribution < 1.29 is 19.0 Å². The lowest BCUT2D eigenvalue weighted by Crippen LogP contribution is -2.49. The molecular weight excluding hydrogens is 344 g/mol. The summed E-state index contributed by atoms with van der Waals surface area (Å²) in [5.74, 6) is 1.88. The molecule has 0 bridgehead atoms. The molecule has 0 N–H and O–H groups in total. The number of methoxy groups -OCH3 is 2. The van der Waals surface area contributed by atoms with E-state index in [1.165, 1.54) is 0 Å². The van der Waals surface area contributed by atoms with Crippen LogP contribution in [0.5, 0.6) is 17.2 Å². The highest BCUT2D eigenvalue weighted by Crippen LogP contribution is 2.32. The highest BCUT2D eigenvalue weighted by molar-refractivity contribution is 5.99. The van der Waals surface area contributed by atoms with Crippen molar-refractivity contribution in [3.05, 3.63) is 48.0 Å². The summed E-state index contributed by atoms with van der Waals surface area (Å²) < 4.78 is 16.5. The van der Waals surface area contributed by atoms with Gasteiger partial charge in [-0.2, -0.15) is 0 Å². The van der Waals surface area contributed by atoms with Crippen LogP contribution >= 0.6 is 0 Å². The molecule has 0 radical (unpaired) electrons. The molecule has 0 unspecified atom stereocenters. The van der Waals surface area contributed by atoms with Crippen LogP contribution in [0, 0.1) is 0 Å². The summed E-state index contributed by atoms with van der Waals surface area (Å²) >= 11 is 0. The van der Waals surface area contributed by atoms with E-state index in [2.05, 4.69) is 11.0 Å². The van der Waals surface area contributed by atoms with Crippen molar-refractivity contribution in [2.45, 2.75) is 6.92 Å². The lowest BCUT2D eigenvalue weighted by atomic mass is 10.1. The summed E-state index contributed by atoms with van der Waals surface area (Å²) in [6.45, 7) is 5.35. The molecule has 1 fully saturated rings. The highest BCUT2D eigenvalue weighted by atomic mass is 16.5. The summed E-state index contributed by atoms with van der Waals surface area (Å²) in [4.78, 5) is 17.2. The molecule has 1 aliphatic heterocycles. The zero-order valence-electron chi connectivity index (χ0n) is 16.1. The molecule has 0 aliphatic carbocycles. The highest BCUT2D eigenvalue weighted by Gasteiger charge is 2.27. The van der Waals surface area contributed by atoms with E-state index in [4.69, 9.17) is 14.2 Å². The van der Waals surface area contributed by atoms with Gasteiger partial charge in [-0.3, -0.25) is 4.79 Å². The van der Waals surface area contributed by atoms with Gasteiger partial charge in [0.2, 0.25) is 0 Å². The van der Waals surface area contributed by atoms with Crippen LogP contribution in [0.3, 0.4) is 0 Å². The number of amides is 1. The third-order valence-electron chi connectivity index (χ3n) is 4.71. The molecule has 0 saturated carbocycles. The number of carbonyl (C=O) groups excluding carboxylic acids is 1. The standard InChI is InChI=1S/C21H26N2O4/c1-4-27-17-9-6-5-8-16(17)22-12-14-23(15-13-22)21(24)20-18(25-2)10-7-11-19(20)26-3/h5-11H,4,12-15H2,1-3H3. The Bertz CT molecular complexity index is 763. The molecule has 3 rings (SSSR count). The van der Waals surface area contributed by atoms with Crippen molar-refractivity contribution in [3.8, 4) is 17.2 Å². The molecule has 1 amide bonds. The summed E-state index contributed by atoms with van der Waals surface area (Å²) in [5.41, 5.74) is 1.55. The number of benzene rings is 2. The topological polar surface area (TPSA) is 51.2 Å². The third kappa shape index (κ3) is 3.94. The van der Waals surface area contributed by atoms with Crippen LogP contribution in [0.1, 0.15) is 17.3 Å². The zero-order valence-corrected chi connectivity index (χ0v) is 16.1. The molecule has 6 heteroatoms. The monoisotopic (exact) mass is 370 g/mol. The minimum absolute atomic E-state index is 0.0676. The van der Waals surface area contributed by atoms with Crippen molar-refractivity contribution >= 4 is 11.6 Å². The number of piperazine rings is 1. The molecule has 2 aromatic rings. The zero-order chi connectivity index (χ0) is 19.2. The Balaban J connectivity index is 1.74. The van der Waals surface area contributed by atoms with Crippen LogP contribution in [0.4, 0.5) is 5.69 Å². The normalized spacial score (nSPS) is 14.0. The van der Waals surface area contributed by atoms with E-state index in [9.17, 15) is 4.79 Å². The Kier molecular flexibility index (Phi) is 6.06. The first-order valence-corrected chi connectivity index (χ1v) is 9.16.